The molecule has 0 saturated carbocycles. The van der Waals surface area contributed by atoms with Gasteiger partial charge in [0.1, 0.15) is 12.0 Å². The van der Waals surface area contributed by atoms with Crippen molar-refractivity contribution >= 4 is 11.7 Å². The first-order valence-corrected chi connectivity index (χ1v) is 11.9. The number of benzene rings is 2. The fourth-order valence-corrected chi connectivity index (χ4v) is 5.08. The first kappa shape index (κ1) is 23.9. The zero-order valence-electron chi connectivity index (χ0n) is 19.9. The van der Waals surface area contributed by atoms with Crippen LogP contribution in [-0.2, 0) is 9.53 Å². The molecule has 176 valence electrons. The number of aliphatic hydroxyl groups is 1. The number of aliphatic imine (C=N–C) groups is 1. The molecule has 34 heavy (non-hydrogen) atoms. The van der Waals surface area contributed by atoms with Crippen LogP contribution >= 0.6 is 0 Å². The van der Waals surface area contributed by atoms with Crippen LogP contribution in [0.4, 0.5) is 0 Å². The summed E-state index contributed by atoms with van der Waals surface area (Å²) in [6.07, 6.45) is 8.85. The predicted molar refractivity (Wildman–Crippen MR) is 136 cm³/mol. The molecule has 4 rings (SSSR count). The average molecular weight is 456 g/mol. The molecule has 2 aliphatic rings. The molecule has 5 atom stereocenters. The Kier molecular flexibility index (Phi) is 7.28. The lowest BCUT2D eigenvalue weighted by atomic mass is 9.79. The molecule has 0 amide bonds. The van der Waals surface area contributed by atoms with Gasteiger partial charge in [-0.2, -0.15) is 0 Å². The van der Waals surface area contributed by atoms with Gasteiger partial charge in [0.15, 0.2) is 0 Å². The van der Waals surface area contributed by atoms with E-state index in [1.165, 1.54) is 0 Å². The molecule has 4 heteroatoms. The lowest BCUT2D eigenvalue weighted by molar-refractivity contribution is -0.172. The van der Waals surface area contributed by atoms with Crippen molar-refractivity contribution in [3.63, 3.8) is 0 Å². The monoisotopic (exact) mass is 455 g/mol. The van der Waals surface area contributed by atoms with Gasteiger partial charge in [-0.3, -0.25) is 9.79 Å². The molecule has 0 radical (unpaired) electrons. The maximum atomic E-state index is 13.3. The van der Waals surface area contributed by atoms with Crippen molar-refractivity contribution in [2.75, 3.05) is 0 Å². The second kappa shape index (κ2) is 10.4. The SMILES string of the molecule is C=C(C)CC1(C)C=CC=CC(=NC(c2ccccc2)C2C(=O)OC(c3ccccc3)CC2O)C1. The fourth-order valence-electron chi connectivity index (χ4n) is 5.08. The zero-order valence-corrected chi connectivity index (χ0v) is 19.9. The summed E-state index contributed by atoms with van der Waals surface area (Å²) in [4.78, 5) is 18.4. The molecule has 2 aromatic carbocycles. The van der Waals surface area contributed by atoms with Gasteiger partial charge in [-0.25, -0.2) is 0 Å². The van der Waals surface area contributed by atoms with Crippen molar-refractivity contribution in [3.8, 4) is 0 Å². The van der Waals surface area contributed by atoms with Crippen LogP contribution in [0.15, 0.2) is 102 Å². The summed E-state index contributed by atoms with van der Waals surface area (Å²) in [6, 6.07) is 18.8. The number of nitrogens with zero attached hydrogens (tertiary/aromatic N) is 1. The zero-order chi connectivity index (χ0) is 24.1. The van der Waals surface area contributed by atoms with E-state index in [0.29, 0.717) is 6.42 Å². The molecule has 5 unspecified atom stereocenters. The molecule has 4 nitrogen and oxygen atoms in total. The van der Waals surface area contributed by atoms with Crippen LogP contribution in [0.1, 0.15) is 56.4 Å². The highest BCUT2D eigenvalue weighted by Crippen LogP contribution is 2.41. The minimum absolute atomic E-state index is 0.112. The number of hydrogen-bond acceptors (Lipinski definition) is 4. The predicted octanol–water partition coefficient (Wildman–Crippen LogP) is 6.32. The summed E-state index contributed by atoms with van der Waals surface area (Å²) in [5, 5.41) is 11.2. The highest BCUT2D eigenvalue weighted by Gasteiger charge is 2.43. The van der Waals surface area contributed by atoms with Gasteiger partial charge in [0.05, 0.1) is 12.1 Å². The van der Waals surface area contributed by atoms with Crippen LogP contribution in [0, 0.1) is 11.3 Å². The number of hydrogen-bond donors (Lipinski definition) is 1. The highest BCUT2D eigenvalue weighted by atomic mass is 16.5. The van der Waals surface area contributed by atoms with Crippen molar-refractivity contribution in [2.45, 2.75) is 51.4 Å². The van der Waals surface area contributed by atoms with Gasteiger partial charge < -0.3 is 9.84 Å². The number of carbonyl (C=O) groups excluding carboxylic acids is 1. The minimum atomic E-state index is -0.865. The summed E-state index contributed by atoms with van der Waals surface area (Å²) in [6.45, 7) is 8.34. The molecule has 1 fully saturated rings. The number of ether oxygens (including phenoxy) is 1. The second-order valence-corrected chi connectivity index (χ2v) is 9.82. The standard InChI is InChI=1S/C30H33NO3/c1-21(2)19-30(3)17-11-10-16-24(20-30)31-28(23-14-8-5-9-15-23)27-25(32)18-26(34-29(27)33)22-12-6-4-7-13-22/h4-17,25-28,32H,1,18-20H2,2-3H3. The highest BCUT2D eigenvalue weighted by molar-refractivity contribution is 5.96. The first-order chi connectivity index (χ1) is 16.3. The minimum Gasteiger partial charge on any atom is -0.457 e. The van der Waals surface area contributed by atoms with Crippen molar-refractivity contribution in [3.05, 3.63) is 108 Å². The maximum Gasteiger partial charge on any atom is 0.314 e. The van der Waals surface area contributed by atoms with Crippen LogP contribution in [0.2, 0.25) is 0 Å². The molecule has 2 aromatic rings. The van der Waals surface area contributed by atoms with E-state index < -0.39 is 30.1 Å². The van der Waals surface area contributed by atoms with E-state index in [0.717, 1.165) is 35.3 Å². The summed E-state index contributed by atoms with van der Waals surface area (Å²) >= 11 is 0. The average Bonchev–Trinajstić information content (AvgIpc) is 2.99. The van der Waals surface area contributed by atoms with Gasteiger partial charge in [0, 0.05) is 12.1 Å². The third-order valence-electron chi connectivity index (χ3n) is 6.55. The Labute approximate surface area is 202 Å². The first-order valence-electron chi connectivity index (χ1n) is 11.9. The Morgan fingerprint density at radius 1 is 1.15 bits per heavy atom. The second-order valence-electron chi connectivity index (χ2n) is 9.82. The van der Waals surface area contributed by atoms with Gasteiger partial charge in [-0.05, 0) is 42.4 Å². The molecule has 1 aliphatic heterocycles. The van der Waals surface area contributed by atoms with Crippen molar-refractivity contribution in [2.24, 2.45) is 16.3 Å². The van der Waals surface area contributed by atoms with E-state index in [4.69, 9.17) is 9.73 Å². The topological polar surface area (TPSA) is 58.9 Å². The number of esters is 1. The number of cyclic esters (lactones) is 1. The van der Waals surface area contributed by atoms with Crippen molar-refractivity contribution in [1.29, 1.82) is 0 Å². The smallest absolute Gasteiger partial charge is 0.314 e. The normalized spacial score (nSPS) is 28.9. The Balaban J connectivity index is 1.66. The fraction of sp³-hybridized carbons (Fsp3) is 0.333. The lowest BCUT2D eigenvalue weighted by Crippen LogP contribution is -2.41. The molecule has 1 aliphatic carbocycles. The number of rotatable bonds is 6. The van der Waals surface area contributed by atoms with E-state index in [2.05, 4.69) is 25.7 Å². The largest absolute Gasteiger partial charge is 0.457 e. The lowest BCUT2D eigenvalue weighted by Gasteiger charge is -2.36. The summed E-state index contributed by atoms with van der Waals surface area (Å²) in [5.41, 5.74) is 3.68. The quantitative estimate of drug-likeness (QED) is 0.409. The van der Waals surface area contributed by atoms with Crippen LogP contribution in [-0.4, -0.2) is 22.9 Å². The molecular weight excluding hydrogens is 422 g/mol. The third-order valence-corrected chi connectivity index (χ3v) is 6.55. The molecular formula is C30H33NO3. The van der Waals surface area contributed by atoms with E-state index >= 15 is 0 Å². The molecule has 0 bridgehead atoms. The Morgan fingerprint density at radius 3 is 2.47 bits per heavy atom. The molecule has 0 aromatic heterocycles. The molecule has 1 saturated heterocycles. The van der Waals surface area contributed by atoms with Gasteiger partial charge in [-0.15, -0.1) is 6.58 Å². The Hall–Kier alpha value is -3.24. The molecule has 1 N–H and O–H groups in total. The maximum absolute atomic E-state index is 13.3. The summed E-state index contributed by atoms with van der Waals surface area (Å²) in [5.74, 6) is -1.18. The molecule has 0 spiro atoms. The van der Waals surface area contributed by atoms with E-state index in [1.807, 2.05) is 79.7 Å². The van der Waals surface area contributed by atoms with E-state index in [9.17, 15) is 9.90 Å². The van der Waals surface area contributed by atoms with Gasteiger partial charge >= 0.3 is 5.97 Å². The summed E-state index contributed by atoms with van der Waals surface area (Å²) < 4.78 is 5.86. The number of allylic oxidation sites excluding steroid dienone is 5. The van der Waals surface area contributed by atoms with Crippen LogP contribution in [0.3, 0.4) is 0 Å². The number of aliphatic hydroxyl groups excluding tert-OH is 1. The van der Waals surface area contributed by atoms with Crippen LogP contribution < -0.4 is 0 Å². The number of carbonyl (C=O) groups is 1. The molecule has 1 heterocycles. The third kappa shape index (κ3) is 5.63. The Bertz CT molecular complexity index is 1100. The van der Waals surface area contributed by atoms with Gasteiger partial charge in [-0.1, -0.05) is 91.4 Å². The van der Waals surface area contributed by atoms with Gasteiger partial charge in [0.25, 0.3) is 0 Å². The van der Waals surface area contributed by atoms with Crippen LogP contribution in [0.25, 0.3) is 0 Å². The Morgan fingerprint density at radius 2 is 1.82 bits per heavy atom. The van der Waals surface area contributed by atoms with Crippen molar-refractivity contribution in [1.82, 2.24) is 0 Å². The van der Waals surface area contributed by atoms with E-state index in [1.54, 1.807) is 0 Å². The van der Waals surface area contributed by atoms with Crippen molar-refractivity contribution < 1.29 is 14.6 Å². The van der Waals surface area contributed by atoms with Gasteiger partial charge in [0.2, 0.25) is 0 Å². The summed E-state index contributed by atoms with van der Waals surface area (Å²) in [7, 11) is 0. The van der Waals surface area contributed by atoms with E-state index in [-0.39, 0.29) is 5.41 Å². The van der Waals surface area contributed by atoms with Crippen LogP contribution in [0.5, 0.6) is 0 Å².